The lowest BCUT2D eigenvalue weighted by Crippen LogP contribution is -2.46. The molecule has 1 fully saturated rings. The van der Waals surface area contributed by atoms with Gasteiger partial charge in [0.05, 0.1) is 15.1 Å². The maximum Gasteiger partial charge on any atom is 0.142 e. The Morgan fingerprint density at radius 1 is 1.00 bits per heavy atom. The van der Waals surface area contributed by atoms with Gasteiger partial charge in [0.1, 0.15) is 17.7 Å². The molecule has 1 aliphatic rings. The molecule has 2 aromatic carbocycles. The van der Waals surface area contributed by atoms with Gasteiger partial charge in [0.25, 0.3) is 0 Å². The smallest absolute Gasteiger partial charge is 0.142 e. The van der Waals surface area contributed by atoms with E-state index in [1.807, 2.05) is 0 Å². The minimum Gasteiger partial charge on any atom is -0.485 e. The van der Waals surface area contributed by atoms with Crippen molar-refractivity contribution in [2.45, 2.75) is 6.10 Å². The first-order valence-electron chi connectivity index (χ1n) is 6.82. The first kappa shape index (κ1) is 15.9. The Labute approximate surface area is 143 Å². The highest BCUT2D eigenvalue weighted by Crippen LogP contribution is 2.34. The highest BCUT2D eigenvalue weighted by Gasteiger charge is 2.30. The maximum atomic E-state index is 13.7. The summed E-state index contributed by atoms with van der Waals surface area (Å²) in [4.78, 5) is 0. The highest BCUT2D eigenvalue weighted by atomic mass is 35.5. The van der Waals surface area contributed by atoms with Crippen molar-refractivity contribution in [2.24, 2.45) is 5.92 Å². The zero-order valence-corrected chi connectivity index (χ0v) is 13.7. The molecular formula is C16H13Cl3FNO. The second-order valence-corrected chi connectivity index (χ2v) is 6.43. The second-order valence-electron chi connectivity index (χ2n) is 5.21. The third-order valence-electron chi connectivity index (χ3n) is 3.67. The quantitative estimate of drug-likeness (QED) is 0.816. The fraction of sp³-hybridized carbons (Fsp3) is 0.250. The molecule has 116 valence electrons. The van der Waals surface area contributed by atoms with Crippen molar-refractivity contribution >= 4 is 34.8 Å². The van der Waals surface area contributed by atoms with Gasteiger partial charge < -0.3 is 10.1 Å². The Hall–Kier alpha value is -1.00. The van der Waals surface area contributed by atoms with Crippen LogP contribution in [0.5, 0.6) is 5.75 Å². The third kappa shape index (κ3) is 3.33. The van der Waals surface area contributed by atoms with Crippen molar-refractivity contribution in [2.75, 3.05) is 13.1 Å². The summed E-state index contributed by atoms with van der Waals surface area (Å²) >= 11 is 17.7. The molecule has 1 heterocycles. The first-order chi connectivity index (χ1) is 10.5. The summed E-state index contributed by atoms with van der Waals surface area (Å²) in [5.41, 5.74) is 0.750. The Kier molecular flexibility index (Phi) is 4.79. The molecule has 0 saturated carbocycles. The Morgan fingerprint density at radius 3 is 2.32 bits per heavy atom. The summed E-state index contributed by atoms with van der Waals surface area (Å²) in [6.07, 6.45) is -0.273. The molecule has 1 atom stereocenters. The van der Waals surface area contributed by atoms with E-state index in [1.54, 1.807) is 30.3 Å². The van der Waals surface area contributed by atoms with Crippen LogP contribution in [0.15, 0.2) is 36.4 Å². The third-order valence-corrected chi connectivity index (χ3v) is 4.71. The van der Waals surface area contributed by atoms with Crippen LogP contribution in [0.2, 0.25) is 15.1 Å². The Balaban J connectivity index is 1.89. The van der Waals surface area contributed by atoms with E-state index in [4.69, 9.17) is 39.5 Å². The zero-order valence-electron chi connectivity index (χ0n) is 11.5. The van der Waals surface area contributed by atoms with Gasteiger partial charge >= 0.3 is 0 Å². The molecule has 1 unspecified atom stereocenters. The van der Waals surface area contributed by atoms with Crippen molar-refractivity contribution in [3.8, 4) is 5.75 Å². The molecule has 2 aromatic rings. The minimum absolute atomic E-state index is 0.101. The number of benzene rings is 2. The lowest BCUT2D eigenvalue weighted by Gasteiger charge is -2.35. The van der Waals surface area contributed by atoms with Crippen LogP contribution >= 0.6 is 34.8 Å². The standard InChI is InChI=1S/C16H13Cl3FNO/c17-12-4-2-11(6-14(12)19)22-16(10-7-21-8-10)9-1-3-13(18)15(20)5-9/h1-6,10,16,21H,7-8H2. The number of rotatable bonds is 4. The average Bonchev–Trinajstić information content (AvgIpc) is 2.43. The molecule has 22 heavy (non-hydrogen) atoms. The van der Waals surface area contributed by atoms with Gasteiger partial charge in [-0.3, -0.25) is 0 Å². The van der Waals surface area contributed by atoms with Crippen LogP contribution in [0.25, 0.3) is 0 Å². The van der Waals surface area contributed by atoms with Crippen LogP contribution in [-0.2, 0) is 0 Å². The summed E-state index contributed by atoms with van der Waals surface area (Å²) in [5.74, 6) is 0.408. The lowest BCUT2D eigenvalue weighted by molar-refractivity contribution is 0.0991. The van der Waals surface area contributed by atoms with E-state index in [0.717, 1.165) is 18.7 Å². The summed E-state index contributed by atoms with van der Waals surface area (Å²) in [6, 6.07) is 9.84. The molecule has 0 radical (unpaired) electrons. The van der Waals surface area contributed by atoms with Crippen molar-refractivity contribution in [1.82, 2.24) is 5.32 Å². The van der Waals surface area contributed by atoms with E-state index in [1.165, 1.54) is 6.07 Å². The predicted octanol–water partition coefficient (Wildman–Crippen LogP) is 5.13. The largest absolute Gasteiger partial charge is 0.485 e. The van der Waals surface area contributed by atoms with Gasteiger partial charge in [0, 0.05) is 25.1 Å². The fourth-order valence-corrected chi connectivity index (χ4v) is 2.75. The SMILES string of the molecule is Fc1cc(C(Oc2ccc(Cl)c(Cl)c2)C2CNC2)ccc1Cl. The van der Waals surface area contributed by atoms with Gasteiger partial charge in [-0.15, -0.1) is 0 Å². The predicted molar refractivity (Wildman–Crippen MR) is 87.6 cm³/mol. The van der Waals surface area contributed by atoms with E-state index >= 15 is 0 Å². The number of hydrogen-bond donors (Lipinski definition) is 1. The molecule has 1 saturated heterocycles. The van der Waals surface area contributed by atoms with Gasteiger partial charge in [-0.05, 0) is 29.8 Å². The number of halogens is 4. The Morgan fingerprint density at radius 2 is 1.73 bits per heavy atom. The zero-order chi connectivity index (χ0) is 15.7. The summed E-state index contributed by atoms with van der Waals surface area (Å²) < 4.78 is 19.8. The molecule has 0 spiro atoms. The van der Waals surface area contributed by atoms with Crippen LogP contribution in [0.4, 0.5) is 4.39 Å². The van der Waals surface area contributed by atoms with Crippen LogP contribution in [0, 0.1) is 11.7 Å². The van der Waals surface area contributed by atoms with E-state index < -0.39 is 5.82 Å². The van der Waals surface area contributed by atoms with E-state index in [9.17, 15) is 4.39 Å². The normalized spacial score (nSPS) is 16.2. The molecule has 1 aliphatic heterocycles. The molecule has 2 nitrogen and oxygen atoms in total. The first-order valence-corrected chi connectivity index (χ1v) is 7.95. The molecule has 6 heteroatoms. The molecule has 0 amide bonds. The number of hydrogen-bond acceptors (Lipinski definition) is 2. The van der Waals surface area contributed by atoms with Gasteiger partial charge in [-0.2, -0.15) is 0 Å². The van der Waals surface area contributed by atoms with Crippen LogP contribution in [0.3, 0.4) is 0 Å². The minimum atomic E-state index is -0.450. The van der Waals surface area contributed by atoms with E-state index in [0.29, 0.717) is 15.8 Å². The highest BCUT2D eigenvalue weighted by molar-refractivity contribution is 6.42. The second kappa shape index (κ2) is 6.63. The van der Waals surface area contributed by atoms with Crippen molar-refractivity contribution in [3.63, 3.8) is 0 Å². The molecule has 0 aromatic heterocycles. The van der Waals surface area contributed by atoms with Gasteiger partial charge in [0.2, 0.25) is 0 Å². The number of ether oxygens (including phenoxy) is 1. The summed E-state index contributed by atoms with van der Waals surface area (Å²) in [7, 11) is 0. The van der Waals surface area contributed by atoms with Crippen molar-refractivity contribution < 1.29 is 9.13 Å². The fourth-order valence-electron chi connectivity index (χ4n) is 2.35. The summed E-state index contributed by atoms with van der Waals surface area (Å²) in [5, 5.41) is 4.19. The molecule has 1 N–H and O–H groups in total. The monoisotopic (exact) mass is 359 g/mol. The molecule has 0 bridgehead atoms. The topological polar surface area (TPSA) is 21.3 Å². The molecule has 0 aliphatic carbocycles. The Bertz CT molecular complexity index is 691. The average molecular weight is 361 g/mol. The lowest BCUT2D eigenvalue weighted by atomic mass is 9.90. The molecule has 3 rings (SSSR count). The van der Waals surface area contributed by atoms with Crippen molar-refractivity contribution in [1.29, 1.82) is 0 Å². The van der Waals surface area contributed by atoms with Crippen LogP contribution in [0.1, 0.15) is 11.7 Å². The summed E-state index contributed by atoms with van der Waals surface area (Å²) in [6.45, 7) is 1.63. The number of nitrogens with one attached hydrogen (secondary N) is 1. The van der Waals surface area contributed by atoms with E-state index in [2.05, 4.69) is 5.32 Å². The van der Waals surface area contributed by atoms with Crippen molar-refractivity contribution in [3.05, 3.63) is 62.8 Å². The van der Waals surface area contributed by atoms with Gasteiger partial charge in [-0.25, -0.2) is 4.39 Å². The van der Waals surface area contributed by atoms with Gasteiger partial charge in [0.15, 0.2) is 0 Å². The maximum absolute atomic E-state index is 13.7. The van der Waals surface area contributed by atoms with E-state index in [-0.39, 0.29) is 17.0 Å². The van der Waals surface area contributed by atoms with Crippen LogP contribution < -0.4 is 10.1 Å². The molecular weight excluding hydrogens is 348 g/mol. The van der Waals surface area contributed by atoms with Gasteiger partial charge in [-0.1, -0.05) is 40.9 Å². The van der Waals surface area contributed by atoms with Crippen LogP contribution in [-0.4, -0.2) is 13.1 Å².